The SMILES string of the molecule is CCCc1nc2oc3c(NCCCN4CCOCC4)ncnc3c2c2c1COC(C)(C)C2. The predicted octanol–water partition coefficient (Wildman–Crippen LogP) is 3.71. The first kappa shape index (κ1) is 21.6. The molecule has 0 spiro atoms. The van der Waals surface area contributed by atoms with Gasteiger partial charge in [-0.2, -0.15) is 0 Å². The van der Waals surface area contributed by atoms with Crippen molar-refractivity contribution in [1.82, 2.24) is 19.9 Å². The van der Waals surface area contributed by atoms with Gasteiger partial charge in [0.2, 0.25) is 5.71 Å². The van der Waals surface area contributed by atoms with E-state index in [0.29, 0.717) is 17.9 Å². The molecule has 0 radical (unpaired) electrons. The number of nitrogens with one attached hydrogen (secondary N) is 1. The molecule has 5 rings (SSSR count). The van der Waals surface area contributed by atoms with Gasteiger partial charge in [-0.1, -0.05) is 13.3 Å². The minimum absolute atomic E-state index is 0.220. The topological polar surface area (TPSA) is 85.5 Å². The molecule has 0 atom stereocenters. The smallest absolute Gasteiger partial charge is 0.229 e. The summed E-state index contributed by atoms with van der Waals surface area (Å²) in [5.74, 6) is 0.743. The minimum atomic E-state index is -0.220. The van der Waals surface area contributed by atoms with Crippen molar-refractivity contribution in [1.29, 1.82) is 0 Å². The zero-order valence-corrected chi connectivity index (χ0v) is 19.4. The number of pyridine rings is 1. The highest BCUT2D eigenvalue weighted by Gasteiger charge is 2.32. The van der Waals surface area contributed by atoms with E-state index >= 15 is 0 Å². The molecular weight excluding hydrogens is 406 g/mol. The van der Waals surface area contributed by atoms with Gasteiger partial charge in [-0.25, -0.2) is 15.0 Å². The first-order chi connectivity index (χ1) is 15.6. The van der Waals surface area contributed by atoms with Crippen LogP contribution in [0.5, 0.6) is 0 Å². The Morgan fingerprint density at radius 2 is 2.00 bits per heavy atom. The number of aromatic nitrogens is 3. The quantitative estimate of drug-likeness (QED) is 0.558. The number of hydrogen-bond acceptors (Lipinski definition) is 8. The van der Waals surface area contributed by atoms with E-state index in [2.05, 4.69) is 41.0 Å². The van der Waals surface area contributed by atoms with Crippen LogP contribution in [0.15, 0.2) is 10.7 Å². The summed E-state index contributed by atoms with van der Waals surface area (Å²) in [6.45, 7) is 12.6. The summed E-state index contributed by atoms with van der Waals surface area (Å²) >= 11 is 0. The van der Waals surface area contributed by atoms with E-state index in [1.807, 2.05) is 0 Å². The molecule has 0 bridgehead atoms. The number of nitrogens with zero attached hydrogens (tertiary/aromatic N) is 4. The fourth-order valence-electron chi connectivity index (χ4n) is 4.78. The van der Waals surface area contributed by atoms with Crippen molar-refractivity contribution in [3.8, 4) is 0 Å². The average Bonchev–Trinajstić information content (AvgIpc) is 3.16. The molecule has 1 N–H and O–H groups in total. The summed E-state index contributed by atoms with van der Waals surface area (Å²) in [4.78, 5) is 16.4. The Balaban J connectivity index is 1.45. The van der Waals surface area contributed by atoms with Crippen molar-refractivity contribution < 1.29 is 13.9 Å². The van der Waals surface area contributed by atoms with E-state index in [1.54, 1.807) is 6.33 Å². The van der Waals surface area contributed by atoms with Gasteiger partial charge in [0.15, 0.2) is 11.4 Å². The Bertz CT molecular complexity index is 1100. The summed E-state index contributed by atoms with van der Waals surface area (Å²) in [5, 5.41) is 4.49. The fraction of sp³-hybridized carbons (Fsp3) is 0.625. The van der Waals surface area contributed by atoms with Crippen LogP contribution in [0.3, 0.4) is 0 Å². The Hall–Kier alpha value is -2.29. The molecule has 172 valence electrons. The average molecular weight is 440 g/mol. The fourth-order valence-corrected chi connectivity index (χ4v) is 4.78. The van der Waals surface area contributed by atoms with Crippen LogP contribution in [0, 0.1) is 0 Å². The highest BCUT2D eigenvalue weighted by molar-refractivity contribution is 6.06. The van der Waals surface area contributed by atoms with Crippen LogP contribution in [0.2, 0.25) is 0 Å². The highest BCUT2D eigenvalue weighted by Crippen LogP contribution is 2.39. The van der Waals surface area contributed by atoms with Gasteiger partial charge in [0.1, 0.15) is 11.8 Å². The predicted molar refractivity (Wildman–Crippen MR) is 124 cm³/mol. The number of morpholine rings is 1. The molecule has 8 heteroatoms. The third-order valence-electron chi connectivity index (χ3n) is 6.45. The molecule has 32 heavy (non-hydrogen) atoms. The molecule has 8 nitrogen and oxygen atoms in total. The Kier molecular flexibility index (Phi) is 6.01. The van der Waals surface area contributed by atoms with Crippen LogP contribution in [0.1, 0.15) is 50.4 Å². The molecule has 2 aliphatic rings. The van der Waals surface area contributed by atoms with Crippen LogP contribution in [0.25, 0.3) is 22.2 Å². The van der Waals surface area contributed by atoms with Gasteiger partial charge >= 0.3 is 0 Å². The largest absolute Gasteiger partial charge is 0.432 e. The normalized spacial score (nSPS) is 18.8. The molecule has 1 fully saturated rings. The van der Waals surface area contributed by atoms with Crippen molar-refractivity contribution in [2.24, 2.45) is 0 Å². The van der Waals surface area contributed by atoms with E-state index in [1.165, 1.54) is 11.1 Å². The summed E-state index contributed by atoms with van der Waals surface area (Å²) in [7, 11) is 0. The Morgan fingerprint density at radius 3 is 2.81 bits per heavy atom. The summed E-state index contributed by atoms with van der Waals surface area (Å²) < 4.78 is 17.8. The van der Waals surface area contributed by atoms with Gasteiger partial charge < -0.3 is 19.2 Å². The van der Waals surface area contributed by atoms with Gasteiger partial charge in [0.25, 0.3) is 0 Å². The van der Waals surface area contributed by atoms with E-state index in [9.17, 15) is 0 Å². The zero-order chi connectivity index (χ0) is 22.1. The summed E-state index contributed by atoms with van der Waals surface area (Å²) in [5.41, 5.74) is 5.54. The van der Waals surface area contributed by atoms with E-state index < -0.39 is 0 Å². The van der Waals surface area contributed by atoms with E-state index in [4.69, 9.17) is 18.9 Å². The standard InChI is InChI=1S/C24H33N5O3/c1-4-6-18-17-14-31-24(2,3)13-16(17)19-20-21(32-23(19)28-18)22(27-15-26-20)25-7-5-8-29-9-11-30-12-10-29/h15H,4-14H2,1-3H3,(H,25,26,27). The molecule has 0 amide bonds. The second-order valence-electron chi connectivity index (χ2n) is 9.41. The third-order valence-corrected chi connectivity index (χ3v) is 6.45. The van der Waals surface area contributed by atoms with E-state index in [-0.39, 0.29) is 5.60 Å². The molecule has 3 aromatic heterocycles. The summed E-state index contributed by atoms with van der Waals surface area (Å²) in [6, 6.07) is 0. The monoisotopic (exact) mass is 439 g/mol. The lowest BCUT2D eigenvalue weighted by molar-refractivity contribution is -0.0401. The number of anilines is 1. The lowest BCUT2D eigenvalue weighted by Crippen LogP contribution is -2.37. The highest BCUT2D eigenvalue weighted by atomic mass is 16.5. The van der Waals surface area contributed by atoms with Crippen LogP contribution in [-0.4, -0.2) is 64.8 Å². The number of rotatable bonds is 7. The molecule has 3 aromatic rings. The van der Waals surface area contributed by atoms with Crippen molar-refractivity contribution in [2.75, 3.05) is 44.7 Å². The molecule has 5 heterocycles. The van der Waals surface area contributed by atoms with Crippen LogP contribution < -0.4 is 5.32 Å². The maximum atomic E-state index is 6.29. The van der Waals surface area contributed by atoms with Gasteiger partial charge in [0.05, 0.1) is 36.5 Å². The van der Waals surface area contributed by atoms with Crippen molar-refractivity contribution in [2.45, 2.75) is 58.7 Å². The molecule has 0 saturated carbocycles. The number of hydrogen-bond donors (Lipinski definition) is 1. The second-order valence-corrected chi connectivity index (χ2v) is 9.41. The minimum Gasteiger partial charge on any atom is -0.432 e. The van der Waals surface area contributed by atoms with Crippen molar-refractivity contribution >= 4 is 28.0 Å². The van der Waals surface area contributed by atoms with E-state index in [0.717, 1.165) is 87.5 Å². The first-order valence-electron chi connectivity index (χ1n) is 11.8. The lowest BCUT2D eigenvalue weighted by atomic mass is 9.88. The van der Waals surface area contributed by atoms with Crippen LogP contribution >= 0.6 is 0 Å². The molecule has 0 aliphatic carbocycles. The molecule has 2 aliphatic heterocycles. The zero-order valence-electron chi connectivity index (χ0n) is 19.4. The van der Waals surface area contributed by atoms with Gasteiger partial charge in [-0.05, 0) is 38.8 Å². The number of furan rings is 1. The van der Waals surface area contributed by atoms with Crippen LogP contribution in [-0.2, 0) is 28.9 Å². The Morgan fingerprint density at radius 1 is 1.16 bits per heavy atom. The van der Waals surface area contributed by atoms with Gasteiger partial charge in [-0.15, -0.1) is 0 Å². The molecule has 0 aromatic carbocycles. The van der Waals surface area contributed by atoms with Crippen molar-refractivity contribution in [3.05, 3.63) is 23.1 Å². The number of aryl methyl sites for hydroxylation is 1. The maximum absolute atomic E-state index is 6.29. The maximum Gasteiger partial charge on any atom is 0.229 e. The van der Waals surface area contributed by atoms with Crippen LogP contribution in [0.4, 0.5) is 5.82 Å². The number of fused-ring (bicyclic) bond motifs is 5. The second kappa shape index (κ2) is 8.92. The molecule has 0 unspecified atom stereocenters. The Labute approximate surface area is 188 Å². The van der Waals surface area contributed by atoms with Gasteiger partial charge in [0, 0.05) is 31.6 Å². The number of ether oxygens (including phenoxy) is 2. The third kappa shape index (κ3) is 4.19. The molecule has 1 saturated heterocycles. The first-order valence-corrected chi connectivity index (χ1v) is 11.8. The summed E-state index contributed by atoms with van der Waals surface area (Å²) in [6.07, 6.45) is 5.42. The molecular formula is C24H33N5O3. The van der Waals surface area contributed by atoms with Gasteiger partial charge in [-0.3, -0.25) is 4.90 Å². The van der Waals surface area contributed by atoms with Crippen molar-refractivity contribution in [3.63, 3.8) is 0 Å². The lowest BCUT2D eigenvalue weighted by Gasteiger charge is -2.33.